The Hall–Kier alpha value is -1.70. The number of hydrogen-bond acceptors (Lipinski definition) is 4. The number of benzene rings is 1. The number of hydrogen-bond donors (Lipinski definition) is 1. The molecule has 1 unspecified atom stereocenters. The maximum Gasteiger partial charge on any atom is 0.135 e. The Morgan fingerprint density at radius 2 is 2.37 bits per heavy atom. The van der Waals surface area contributed by atoms with Crippen molar-refractivity contribution in [2.24, 2.45) is 5.73 Å². The van der Waals surface area contributed by atoms with Crippen LogP contribution in [0.15, 0.2) is 18.2 Å². The Morgan fingerprint density at radius 3 is 3.05 bits per heavy atom. The van der Waals surface area contributed by atoms with Crippen molar-refractivity contribution in [2.45, 2.75) is 18.9 Å². The zero-order chi connectivity index (χ0) is 13.5. The van der Waals surface area contributed by atoms with Crippen molar-refractivity contribution in [2.75, 3.05) is 26.9 Å². The molecule has 2 N–H and O–H groups in total. The van der Waals surface area contributed by atoms with Crippen LogP contribution in [0.2, 0.25) is 0 Å². The van der Waals surface area contributed by atoms with Gasteiger partial charge in [0.25, 0.3) is 0 Å². The maximum absolute atomic E-state index is 5.96. The van der Waals surface area contributed by atoms with Crippen LogP contribution in [0.5, 0.6) is 11.5 Å². The first-order valence-corrected chi connectivity index (χ1v) is 6.45. The third-order valence-corrected chi connectivity index (χ3v) is 2.92. The summed E-state index contributed by atoms with van der Waals surface area (Å²) in [7, 11) is 1.63. The van der Waals surface area contributed by atoms with Gasteiger partial charge in [-0.15, -0.1) is 0 Å². The van der Waals surface area contributed by atoms with Gasteiger partial charge in [-0.3, -0.25) is 0 Å². The van der Waals surface area contributed by atoms with Crippen molar-refractivity contribution in [1.29, 1.82) is 0 Å². The molecule has 102 valence electrons. The predicted octanol–water partition coefficient (Wildman–Crippen LogP) is 1.56. The zero-order valence-corrected chi connectivity index (χ0v) is 11.1. The molecule has 0 aliphatic carbocycles. The second kappa shape index (κ2) is 7.03. The summed E-state index contributed by atoms with van der Waals surface area (Å²) in [6.45, 7) is 1.78. The van der Waals surface area contributed by atoms with Crippen LogP contribution in [0, 0.1) is 11.8 Å². The molecule has 19 heavy (non-hydrogen) atoms. The van der Waals surface area contributed by atoms with Gasteiger partial charge in [0.15, 0.2) is 0 Å². The first kappa shape index (κ1) is 13.7. The van der Waals surface area contributed by atoms with Gasteiger partial charge in [-0.2, -0.15) is 0 Å². The lowest BCUT2D eigenvalue weighted by molar-refractivity contribution is 0.00730. The highest BCUT2D eigenvalue weighted by atomic mass is 16.5. The lowest BCUT2D eigenvalue weighted by Crippen LogP contribution is -2.28. The van der Waals surface area contributed by atoms with Gasteiger partial charge >= 0.3 is 0 Å². The molecule has 4 nitrogen and oxygen atoms in total. The molecule has 0 bridgehead atoms. The third-order valence-electron chi connectivity index (χ3n) is 2.92. The van der Waals surface area contributed by atoms with Gasteiger partial charge in [0.1, 0.15) is 17.6 Å². The van der Waals surface area contributed by atoms with Gasteiger partial charge in [0.2, 0.25) is 0 Å². The van der Waals surface area contributed by atoms with Crippen molar-refractivity contribution in [3.8, 4) is 23.3 Å². The van der Waals surface area contributed by atoms with Gasteiger partial charge < -0.3 is 19.9 Å². The van der Waals surface area contributed by atoms with Crippen LogP contribution in [0.4, 0.5) is 0 Å². The van der Waals surface area contributed by atoms with Crippen molar-refractivity contribution in [3.05, 3.63) is 23.8 Å². The van der Waals surface area contributed by atoms with Gasteiger partial charge in [-0.05, 0) is 31.0 Å². The summed E-state index contributed by atoms with van der Waals surface area (Å²) in [6, 6.07) is 5.61. The molecule has 1 aliphatic rings. The molecular formula is C15H19NO3. The van der Waals surface area contributed by atoms with E-state index in [4.69, 9.17) is 19.9 Å². The van der Waals surface area contributed by atoms with Crippen LogP contribution in [0.25, 0.3) is 0 Å². The zero-order valence-electron chi connectivity index (χ0n) is 11.1. The average Bonchev–Trinajstić information content (AvgIpc) is 2.47. The summed E-state index contributed by atoms with van der Waals surface area (Å²) >= 11 is 0. The minimum atomic E-state index is 0.0978. The second-order valence-corrected chi connectivity index (χ2v) is 4.32. The quantitative estimate of drug-likeness (QED) is 0.839. The molecule has 4 heteroatoms. The minimum Gasteiger partial charge on any atom is -0.497 e. The van der Waals surface area contributed by atoms with Crippen LogP contribution < -0.4 is 15.2 Å². The third kappa shape index (κ3) is 3.88. The van der Waals surface area contributed by atoms with Crippen LogP contribution >= 0.6 is 0 Å². The predicted molar refractivity (Wildman–Crippen MR) is 73.4 cm³/mol. The van der Waals surface area contributed by atoms with E-state index in [0.29, 0.717) is 13.2 Å². The lowest BCUT2D eigenvalue weighted by Gasteiger charge is -2.24. The summed E-state index contributed by atoms with van der Waals surface area (Å²) < 4.78 is 16.6. The van der Waals surface area contributed by atoms with Crippen LogP contribution in [0.3, 0.4) is 0 Å². The topological polar surface area (TPSA) is 53.7 Å². The van der Waals surface area contributed by atoms with Gasteiger partial charge in [0.05, 0.1) is 25.8 Å². The highest BCUT2D eigenvalue weighted by Gasteiger charge is 2.16. The molecule has 1 aromatic rings. The molecule has 1 aliphatic heterocycles. The van der Waals surface area contributed by atoms with E-state index in [1.54, 1.807) is 7.11 Å². The Bertz CT molecular complexity index is 470. The van der Waals surface area contributed by atoms with Gasteiger partial charge in [-0.25, -0.2) is 0 Å². The van der Waals surface area contributed by atoms with Crippen molar-refractivity contribution < 1.29 is 14.2 Å². The Balaban J connectivity index is 2.17. The molecule has 0 saturated carbocycles. The lowest BCUT2D eigenvalue weighted by atomic mass is 10.1. The van der Waals surface area contributed by atoms with Crippen molar-refractivity contribution in [1.82, 2.24) is 0 Å². The van der Waals surface area contributed by atoms with E-state index >= 15 is 0 Å². The molecule has 0 aromatic heterocycles. The normalized spacial score (nSPS) is 18.3. The van der Waals surface area contributed by atoms with E-state index in [0.717, 1.165) is 36.5 Å². The monoisotopic (exact) mass is 261 g/mol. The molecule has 0 spiro atoms. The standard InChI is InChI=1S/C15H19NO3/c1-17-13-6-7-15(12(10-13)4-2-8-16)19-14-5-3-9-18-11-14/h6-7,10,14H,3,5,8-9,11,16H2,1H3. The molecule has 1 heterocycles. The summed E-state index contributed by atoms with van der Waals surface area (Å²) in [5.41, 5.74) is 6.22. The van der Waals surface area contributed by atoms with Crippen LogP contribution in [-0.4, -0.2) is 33.0 Å². The van der Waals surface area contributed by atoms with E-state index in [9.17, 15) is 0 Å². The molecule has 0 amide bonds. The molecule has 2 rings (SSSR count). The number of rotatable bonds is 3. The molecule has 1 aromatic carbocycles. The number of nitrogens with two attached hydrogens (primary N) is 1. The fraction of sp³-hybridized carbons (Fsp3) is 0.467. The van der Waals surface area contributed by atoms with Crippen molar-refractivity contribution in [3.63, 3.8) is 0 Å². The van der Waals surface area contributed by atoms with Gasteiger partial charge in [-0.1, -0.05) is 11.8 Å². The molecule has 0 radical (unpaired) electrons. The molecular weight excluding hydrogens is 242 g/mol. The largest absolute Gasteiger partial charge is 0.497 e. The van der Waals surface area contributed by atoms with E-state index in [-0.39, 0.29) is 6.10 Å². The Labute approximate surface area is 113 Å². The summed E-state index contributed by atoms with van der Waals surface area (Å²) in [6.07, 6.45) is 2.14. The number of ether oxygens (including phenoxy) is 3. The van der Waals surface area contributed by atoms with Crippen LogP contribution in [-0.2, 0) is 4.74 Å². The fourth-order valence-electron chi connectivity index (χ4n) is 1.97. The maximum atomic E-state index is 5.96. The fourth-order valence-corrected chi connectivity index (χ4v) is 1.97. The minimum absolute atomic E-state index is 0.0978. The smallest absolute Gasteiger partial charge is 0.135 e. The molecule has 1 saturated heterocycles. The summed E-state index contributed by atoms with van der Waals surface area (Å²) in [4.78, 5) is 0. The van der Waals surface area contributed by atoms with Crippen molar-refractivity contribution >= 4 is 0 Å². The highest BCUT2D eigenvalue weighted by Crippen LogP contribution is 2.25. The highest BCUT2D eigenvalue weighted by molar-refractivity contribution is 5.50. The second-order valence-electron chi connectivity index (χ2n) is 4.32. The first-order chi connectivity index (χ1) is 9.33. The molecule has 1 atom stereocenters. The van der Waals surface area contributed by atoms with E-state index in [2.05, 4.69) is 11.8 Å². The van der Waals surface area contributed by atoms with Crippen LogP contribution in [0.1, 0.15) is 18.4 Å². The average molecular weight is 261 g/mol. The summed E-state index contributed by atoms with van der Waals surface area (Å²) in [5, 5.41) is 0. The SMILES string of the molecule is COc1ccc(OC2CCCOC2)c(C#CCN)c1. The summed E-state index contributed by atoms with van der Waals surface area (Å²) in [5.74, 6) is 7.38. The van der Waals surface area contributed by atoms with E-state index < -0.39 is 0 Å². The molecule has 1 fully saturated rings. The Kier molecular flexibility index (Phi) is 5.08. The first-order valence-electron chi connectivity index (χ1n) is 6.45. The Morgan fingerprint density at radius 1 is 1.47 bits per heavy atom. The number of methoxy groups -OCH3 is 1. The van der Waals surface area contributed by atoms with Gasteiger partial charge in [0, 0.05) is 6.61 Å². The van der Waals surface area contributed by atoms with E-state index in [1.165, 1.54) is 0 Å². The van der Waals surface area contributed by atoms with E-state index in [1.807, 2.05) is 18.2 Å².